The summed E-state index contributed by atoms with van der Waals surface area (Å²) in [4.78, 5) is 23.7. The zero-order valence-electron chi connectivity index (χ0n) is 14.3. The summed E-state index contributed by atoms with van der Waals surface area (Å²) in [7, 11) is -2.04. The van der Waals surface area contributed by atoms with Gasteiger partial charge in [-0.25, -0.2) is 8.42 Å². The van der Waals surface area contributed by atoms with E-state index < -0.39 is 27.3 Å². The number of hydrogen-bond donors (Lipinski definition) is 2. The van der Waals surface area contributed by atoms with Crippen LogP contribution in [-0.4, -0.2) is 50.9 Å². The Morgan fingerprint density at radius 3 is 2.42 bits per heavy atom. The predicted molar refractivity (Wildman–Crippen MR) is 88.9 cm³/mol. The zero-order chi connectivity index (χ0) is 18.5. The first-order chi connectivity index (χ1) is 11.0. The van der Waals surface area contributed by atoms with E-state index >= 15 is 0 Å². The number of carboxylic acids is 1. The van der Waals surface area contributed by atoms with Gasteiger partial charge in [-0.2, -0.15) is 0 Å². The van der Waals surface area contributed by atoms with Crippen molar-refractivity contribution in [2.24, 2.45) is 0 Å². The van der Waals surface area contributed by atoms with Gasteiger partial charge in [0.25, 0.3) is 5.91 Å². The third-order valence-electron chi connectivity index (χ3n) is 3.55. The highest BCUT2D eigenvalue weighted by atomic mass is 32.2. The van der Waals surface area contributed by atoms with Crippen molar-refractivity contribution >= 4 is 21.7 Å². The number of benzene rings is 1. The largest absolute Gasteiger partial charge is 0.481 e. The van der Waals surface area contributed by atoms with Crippen LogP contribution in [0.25, 0.3) is 0 Å². The molecule has 0 aliphatic carbocycles. The van der Waals surface area contributed by atoms with Gasteiger partial charge in [-0.05, 0) is 31.0 Å². The molecule has 0 heterocycles. The molecular weight excluding hydrogens is 334 g/mol. The minimum absolute atomic E-state index is 0.0122. The number of amides is 1. The summed E-state index contributed by atoms with van der Waals surface area (Å²) in [6, 6.07) is 4.37. The summed E-state index contributed by atoms with van der Waals surface area (Å²) in [6.07, 6.45) is 1.28. The average Bonchev–Trinajstić information content (AvgIpc) is 2.44. The van der Waals surface area contributed by atoms with Crippen LogP contribution in [0.5, 0.6) is 0 Å². The van der Waals surface area contributed by atoms with Gasteiger partial charge in [0.2, 0.25) is 0 Å². The van der Waals surface area contributed by atoms with Gasteiger partial charge in [0, 0.05) is 18.9 Å². The fourth-order valence-electron chi connectivity index (χ4n) is 2.43. The van der Waals surface area contributed by atoms with Crippen molar-refractivity contribution in [3.05, 3.63) is 29.3 Å². The molecule has 0 spiro atoms. The zero-order valence-corrected chi connectivity index (χ0v) is 15.1. The quantitative estimate of drug-likeness (QED) is 0.725. The van der Waals surface area contributed by atoms with Gasteiger partial charge in [-0.3, -0.25) is 9.59 Å². The average molecular weight is 357 g/mol. The van der Waals surface area contributed by atoms with E-state index in [9.17, 15) is 18.0 Å². The van der Waals surface area contributed by atoms with Crippen molar-refractivity contribution in [1.29, 1.82) is 0 Å². The van der Waals surface area contributed by atoms with Crippen molar-refractivity contribution in [3.63, 3.8) is 0 Å². The van der Waals surface area contributed by atoms with E-state index in [4.69, 9.17) is 9.84 Å². The van der Waals surface area contributed by atoms with Crippen LogP contribution in [0.4, 0.5) is 0 Å². The van der Waals surface area contributed by atoms with Crippen LogP contribution >= 0.6 is 0 Å². The minimum atomic E-state index is -3.46. The minimum Gasteiger partial charge on any atom is -0.481 e. The topological polar surface area (TPSA) is 110 Å². The molecule has 134 valence electrons. The first-order valence-electron chi connectivity index (χ1n) is 7.38. The highest BCUT2D eigenvalue weighted by molar-refractivity contribution is 7.90. The molecule has 24 heavy (non-hydrogen) atoms. The number of carboxylic acid groups (broad SMARTS) is 1. The molecule has 1 rings (SSSR count). The number of methoxy groups -OCH3 is 1. The third-order valence-corrected chi connectivity index (χ3v) is 4.66. The Labute approximate surface area is 141 Å². The van der Waals surface area contributed by atoms with Crippen LogP contribution < -0.4 is 5.32 Å². The number of rotatable bonds is 8. The molecule has 1 atom stereocenters. The molecule has 0 aliphatic rings. The number of ether oxygens (including phenoxy) is 1. The van der Waals surface area contributed by atoms with Gasteiger partial charge in [-0.1, -0.05) is 13.0 Å². The molecule has 1 aromatic rings. The molecule has 7 nitrogen and oxygen atoms in total. The van der Waals surface area contributed by atoms with E-state index in [1.807, 2.05) is 6.92 Å². The summed E-state index contributed by atoms with van der Waals surface area (Å²) in [5, 5.41) is 11.7. The Kier molecular flexibility index (Phi) is 6.50. The van der Waals surface area contributed by atoms with Crippen LogP contribution in [0.2, 0.25) is 0 Å². The maximum Gasteiger partial charge on any atom is 0.305 e. The van der Waals surface area contributed by atoms with Crippen molar-refractivity contribution in [3.8, 4) is 0 Å². The lowest BCUT2D eigenvalue weighted by molar-refractivity contribution is -0.139. The molecule has 0 aromatic heterocycles. The molecular formula is C16H23NO6S. The molecule has 0 aliphatic heterocycles. The van der Waals surface area contributed by atoms with Crippen LogP contribution in [0.1, 0.15) is 36.2 Å². The maximum atomic E-state index is 12.6. The van der Waals surface area contributed by atoms with Crippen molar-refractivity contribution < 1.29 is 27.9 Å². The summed E-state index contributed by atoms with van der Waals surface area (Å²) >= 11 is 0. The van der Waals surface area contributed by atoms with E-state index in [2.05, 4.69) is 5.32 Å². The molecule has 0 fully saturated rings. The smallest absolute Gasteiger partial charge is 0.305 e. The van der Waals surface area contributed by atoms with Gasteiger partial charge >= 0.3 is 5.97 Å². The summed E-state index contributed by atoms with van der Waals surface area (Å²) < 4.78 is 28.4. The van der Waals surface area contributed by atoms with E-state index in [1.165, 1.54) is 19.2 Å². The summed E-state index contributed by atoms with van der Waals surface area (Å²) in [5.74, 6) is -1.60. The van der Waals surface area contributed by atoms with Crippen molar-refractivity contribution in [2.45, 2.75) is 37.1 Å². The second-order valence-corrected chi connectivity index (χ2v) is 7.98. The van der Waals surface area contributed by atoms with Gasteiger partial charge < -0.3 is 15.2 Å². The lowest BCUT2D eigenvalue weighted by Gasteiger charge is -2.29. The first-order valence-corrected chi connectivity index (χ1v) is 9.28. The van der Waals surface area contributed by atoms with Gasteiger partial charge in [-0.15, -0.1) is 0 Å². The number of aliphatic carboxylic acids is 1. The molecule has 1 aromatic carbocycles. The lowest BCUT2D eigenvalue weighted by Crippen LogP contribution is -2.51. The van der Waals surface area contributed by atoms with E-state index in [1.54, 1.807) is 13.0 Å². The standard InChI is InChI=1S/C16H23NO6S/c1-5-11-6-7-12(24(4,21)22)8-13(11)15(20)17-16(2,10-23-3)9-14(18)19/h6-8H,5,9-10H2,1-4H3,(H,17,20)(H,18,19). The second kappa shape index (κ2) is 7.76. The van der Waals surface area contributed by atoms with Crippen LogP contribution in [0.3, 0.4) is 0 Å². The molecule has 0 bridgehead atoms. The first kappa shape index (κ1) is 20.1. The highest BCUT2D eigenvalue weighted by Gasteiger charge is 2.30. The number of hydrogen-bond acceptors (Lipinski definition) is 5. The number of aryl methyl sites for hydroxylation is 1. The summed E-state index contributed by atoms with van der Waals surface area (Å²) in [6.45, 7) is 3.42. The Bertz CT molecular complexity index is 728. The molecule has 2 N–H and O–H groups in total. The maximum absolute atomic E-state index is 12.6. The third kappa shape index (κ3) is 5.31. The second-order valence-electron chi connectivity index (χ2n) is 5.96. The number of carbonyl (C=O) groups excluding carboxylic acids is 1. The van der Waals surface area contributed by atoms with Crippen LogP contribution in [0.15, 0.2) is 23.1 Å². The molecule has 8 heteroatoms. The number of carbonyl (C=O) groups is 2. The van der Waals surface area contributed by atoms with E-state index in [0.717, 1.165) is 6.26 Å². The normalized spacial score (nSPS) is 14.0. The van der Waals surface area contributed by atoms with Gasteiger partial charge in [0.15, 0.2) is 9.84 Å². The molecule has 0 saturated heterocycles. The van der Waals surface area contributed by atoms with E-state index in [-0.39, 0.29) is 23.5 Å². The lowest BCUT2D eigenvalue weighted by atomic mass is 9.97. The fraction of sp³-hybridized carbons (Fsp3) is 0.500. The Balaban J connectivity index is 3.23. The fourth-order valence-corrected chi connectivity index (χ4v) is 3.08. The molecule has 1 amide bonds. The molecule has 1 unspecified atom stereocenters. The monoisotopic (exact) mass is 357 g/mol. The van der Waals surface area contributed by atoms with Crippen molar-refractivity contribution in [1.82, 2.24) is 5.32 Å². The number of nitrogens with one attached hydrogen (secondary N) is 1. The molecule has 0 saturated carbocycles. The van der Waals surface area contributed by atoms with E-state index in [0.29, 0.717) is 12.0 Å². The molecule has 0 radical (unpaired) electrons. The Morgan fingerprint density at radius 2 is 1.96 bits per heavy atom. The van der Waals surface area contributed by atoms with Crippen molar-refractivity contribution in [2.75, 3.05) is 20.0 Å². The highest BCUT2D eigenvalue weighted by Crippen LogP contribution is 2.19. The van der Waals surface area contributed by atoms with Crippen LogP contribution in [-0.2, 0) is 25.8 Å². The predicted octanol–water partition coefficient (Wildman–Crippen LogP) is 1.26. The summed E-state index contributed by atoms with van der Waals surface area (Å²) in [5.41, 5.74) is -0.216. The number of sulfone groups is 1. The van der Waals surface area contributed by atoms with Gasteiger partial charge in [0.1, 0.15) is 0 Å². The Morgan fingerprint density at radius 1 is 1.33 bits per heavy atom. The van der Waals surface area contributed by atoms with Gasteiger partial charge in [0.05, 0.1) is 23.5 Å². The van der Waals surface area contributed by atoms with Crippen LogP contribution in [0, 0.1) is 0 Å². The SMILES string of the molecule is CCc1ccc(S(C)(=O)=O)cc1C(=O)NC(C)(COC)CC(=O)O. The Hall–Kier alpha value is -1.93.